The van der Waals surface area contributed by atoms with Crippen LogP contribution in [0.5, 0.6) is 5.75 Å². The van der Waals surface area contributed by atoms with Crippen LogP contribution < -0.4 is 4.74 Å². The van der Waals surface area contributed by atoms with Gasteiger partial charge in [0.25, 0.3) is 0 Å². The molecule has 0 N–H and O–H groups in total. The molecule has 9 nitrogen and oxygen atoms in total. The summed E-state index contributed by atoms with van der Waals surface area (Å²) >= 11 is 0. The van der Waals surface area contributed by atoms with E-state index in [1.165, 1.54) is 0 Å². The predicted octanol–water partition coefficient (Wildman–Crippen LogP) is 1.30. The Labute approximate surface area is 176 Å². The zero-order chi connectivity index (χ0) is 21.5. The molecule has 0 aliphatic carbocycles. The van der Waals surface area contributed by atoms with Crippen LogP contribution >= 0.6 is 0 Å². The highest BCUT2D eigenvalue weighted by atomic mass is 16.5. The maximum absolute atomic E-state index is 12.6. The topological polar surface area (TPSA) is 92.0 Å². The van der Waals surface area contributed by atoms with Crippen LogP contribution in [-0.2, 0) is 16.0 Å². The molecule has 9 heteroatoms. The molecule has 1 aromatic carbocycles. The lowest BCUT2D eigenvalue weighted by molar-refractivity contribution is -0.131. The van der Waals surface area contributed by atoms with Gasteiger partial charge in [-0.2, -0.15) is 4.98 Å². The lowest BCUT2D eigenvalue weighted by atomic mass is 10.2. The molecule has 1 aliphatic heterocycles. The summed E-state index contributed by atoms with van der Waals surface area (Å²) in [6.45, 7) is 3.24. The van der Waals surface area contributed by atoms with Crippen LogP contribution in [0.4, 0.5) is 0 Å². The van der Waals surface area contributed by atoms with Gasteiger partial charge < -0.3 is 19.1 Å². The summed E-state index contributed by atoms with van der Waals surface area (Å²) in [5.41, 5.74) is 0.831. The number of methoxy groups -OCH3 is 1. The number of likely N-dealkylation sites (N-methyl/N-ethyl adjacent to an activating group) is 1. The summed E-state index contributed by atoms with van der Waals surface area (Å²) in [6.07, 6.45) is 1.58. The molecule has 1 saturated heterocycles. The highest BCUT2D eigenvalue weighted by molar-refractivity contribution is 5.78. The number of hydrogen-bond donors (Lipinski definition) is 0. The standard InChI is InChI=1S/C21H29N5O4/c1-24(2)20(28)15-25-11-4-12-26(14-13-25)19(27)10-9-18-22-21(23-30-18)16-5-7-17(29-3)8-6-16/h5-8H,4,9-15H2,1-3H3. The molecule has 1 fully saturated rings. The monoisotopic (exact) mass is 415 g/mol. The van der Waals surface area contributed by atoms with E-state index in [4.69, 9.17) is 9.26 Å². The quantitative estimate of drug-likeness (QED) is 0.673. The summed E-state index contributed by atoms with van der Waals surface area (Å²) < 4.78 is 10.5. The van der Waals surface area contributed by atoms with Crippen molar-refractivity contribution in [1.29, 1.82) is 0 Å². The number of hydrogen-bond acceptors (Lipinski definition) is 7. The number of carbonyl (C=O) groups excluding carboxylic acids is 2. The Kier molecular flexibility index (Phi) is 7.40. The first kappa shape index (κ1) is 21.8. The van der Waals surface area contributed by atoms with Crippen LogP contribution in [0.15, 0.2) is 28.8 Å². The van der Waals surface area contributed by atoms with E-state index in [2.05, 4.69) is 15.0 Å². The number of ether oxygens (including phenoxy) is 1. The van der Waals surface area contributed by atoms with E-state index in [1.54, 1.807) is 26.1 Å². The van der Waals surface area contributed by atoms with E-state index in [0.29, 0.717) is 50.7 Å². The largest absolute Gasteiger partial charge is 0.497 e. The van der Waals surface area contributed by atoms with Gasteiger partial charge in [0.2, 0.25) is 23.5 Å². The minimum Gasteiger partial charge on any atom is -0.497 e. The van der Waals surface area contributed by atoms with Gasteiger partial charge in [0.15, 0.2) is 0 Å². The lowest BCUT2D eigenvalue weighted by Crippen LogP contribution is -2.39. The van der Waals surface area contributed by atoms with E-state index in [1.807, 2.05) is 29.2 Å². The molecule has 2 aromatic rings. The third kappa shape index (κ3) is 5.79. The Morgan fingerprint density at radius 2 is 1.90 bits per heavy atom. The summed E-state index contributed by atoms with van der Waals surface area (Å²) in [6, 6.07) is 7.40. The molecule has 30 heavy (non-hydrogen) atoms. The van der Waals surface area contributed by atoms with Crippen LogP contribution in [0.25, 0.3) is 11.4 Å². The highest BCUT2D eigenvalue weighted by Crippen LogP contribution is 2.20. The van der Waals surface area contributed by atoms with Gasteiger partial charge in [0.05, 0.1) is 13.7 Å². The number of carbonyl (C=O) groups is 2. The fourth-order valence-corrected chi connectivity index (χ4v) is 3.30. The minimum atomic E-state index is 0.0694. The Balaban J connectivity index is 1.48. The molecule has 3 rings (SSSR count). The molecule has 0 atom stereocenters. The molecule has 1 aromatic heterocycles. The van der Waals surface area contributed by atoms with Gasteiger partial charge in [-0.05, 0) is 30.7 Å². The van der Waals surface area contributed by atoms with Crippen LogP contribution in [0.2, 0.25) is 0 Å². The van der Waals surface area contributed by atoms with Gasteiger partial charge >= 0.3 is 0 Å². The summed E-state index contributed by atoms with van der Waals surface area (Å²) in [5.74, 6) is 1.85. The molecular weight excluding hydrogens is 386 g/mol. The summed E-state index contributed by atoms with van der Waals surface area (Å²) in [5, 5.41) is 4.00. The van der Waals surface area contributed by atoms with Crippen molar-refractivity contribution in [3.05, 3.63) is 30.2 Å². The van der Waals surface area contributed by atoms with E-state index < -0.39 is 0 Å². The average molecular weight is 415 g/mol. The molecule has 0 unspecified atom stereocenters. The average Bonchev–Trinajstić information content (AvgIpc) is 3.10. The molecule has 0 saturated carbocycles. The molecule has 2 heterocycles. The number of amides is 2. The van der Waals surface area contributed by atoms with E-state index in [0.717, 1.165) is 24.3 Å². The number of aryl methyl sites for hydroxylation is 1. The fourth-order valence-electron chi connectivity index (χ4n) is 3.30. The molecular formula is C21H29N5O4. The molecule has 162 valence electrons. The van der Waals surface area contributed by atoms with Gasteiger partial charge in [0, 0.05) is 58.7 Å². The third-order valence-electron chi connectivity index (χ3n) is 5.17. The molecule has 2 amide bonds. The SMILES string of the molecule is COc1ccc(-c2noc(CCC(=O)N3CCCN(CC(=O)N(C)C)CC3)n2)cc1. The third-order valence-corrected chi connectivity index (χ3v) is 5.17. The van der Waals surface area contributed by atoms with Gasteiger partial charge in [-0.3, -0.25) is 14.5 Å². The first-order valence-electron chi connectivity index (χ1n) is 10.1. The summed E-state index contributed by atoms with van der Waals surface area (Å²) in [4.78, 5) is 34.5. The van der Waals surface area contributed by atoms with E-state index in [-0.39, 0.29) is 11.8 Å². The van der Waals surface area contributed by atoms with Gasteiger partial charge in [-0.1, -0.05) is 5.16 Å². The van der Waals surface area contributed by atoms with Crippen molar-refractivity contribution >= 4 is 11.8 Å². The van der Waals surface area contributed by atoms with E-state index in [9.17, 15) is 9.59 Å². The van der Waals surface area contributed by atoms with Crippen LogP contribution in [0.3, 0.4) is 0 Å². The predicted molar refractivity (Wildman–Crippen MR) is 111 cm³/mol. The molecule has 0 radical (unpaired) electrons. The maximum Gasteiger partial charge on any atom is 0.236 e. The fraction of sp³-hybridized carbons (Fsp3) is 0.524. The van der Waals surface area contributed by atoms with Crippen LogP contribution in [-0.4, -0.2) is 90.6 Å². The smallest absolute Gasteiger partial charge is 0.236 e. The Bertz CT molecular complexity index is 849. The molecule has 0 spiro atoms. The Morgan fingerprint density at radius 1 is 1.13 bits per heavy atom. The number of benzene rings is 1. The van der Waals surface area contributed by atoms with Crippen LogP contribution in [0.1, 0.15) is 18.7 Å². The highest BCUT2D eigenvalue weighted by Gasteiger charge is 2.21. The van der Waals surface area contributed by atoms with Crippen molar-refractivity contribution in [3.63, 3.8) is 0 Å². The lowest BCUT2D eigenvalue weighted by Gasteiger charge is -2.22. The number of aromatic nitrogens is 2. The molecule has 0 bridgehead atoms. The summed E-state index contributed by atoms with van der Waals surface area (Å²) in [7, 11) is 5.13. The van der Waals surface area contributed by atoms with Gasteiger partial charge in [0.1, 0.15) is 5.75 Å². The van der Waals surface area contributed by atoms with Crippen molar-refractivity contribution in [2.45, 2.75) is 19.3 Å². The second-order valence-corrected chi connectivity index (χ2v) is 7.54. The minimum absolute atomic E-state index is 0.0694. The van der Waals surface area contributed by atoms with Crippen molar-refractivity contribution in [3.8, 4) is 17.1 Å². The molecule has 1 aliphatic rings. The van der Waals surface area contributed by atoms with Crippen LogP contribution in [0, 0.1) is 0 Å². The second kappa shape index (κ2) is 10.2. The van der Waals surface area contributed by atoms with Gasteiger partial charge in [-0.15, -0.1) is 0 Å². The van der Waals surface area contributed by atoms with Crippen molar-refractivity contribution < 1.29 is 18.8 Å². The zero-order valence-electron chi connectivity index (χ0n) is 17.8. The Hall–Kier alpha value is -2.94. The first-order chi connectivity index (χ1) is 14.5. The number of rotatable bonds is 7. The zero-order valence-corrected chi connectivity index (χ0v) is 17.8. The maximum atomic E-state index is 12.6. The normalized spacial score (nSPS) is 15.0. The van der Waals surface area contributed by atoms with Crippen molar-refractivity contribution in [1.82, 2.24) is 24.8 Å². The second-order valence-electron chi connectivity index (χ2n) is 7.54. The first-order valence-corrected chi connectivity index (χ1v) is 10.1. The van der Waals surface area contributed by atoms with Crippen molar-refractivity contribution in [2.75, 3.05) is 53.9 Å². The van der Waals surface area contributed by atoms with Gasteiger partial charge in [-0.25, -0.2) is 0 Å². The number of nitrogens with zero attached hydrogens (tertiary/aromatic N) is 5. The Morgan fingerprint density at radius 3 is 2.60 bits per heavy atom. The van der Waals surface area contributed by atoms with E-state index >= 15 is 0 Å². The van der Waals surface area contributed by atoms with Crippen molar-refractivity contribution in [2.24, 2.45) is 0 Å².